The van der Waals surface area contributed by atoms with Gasteiger partial charge < -0.3 is 15.9 Å². The predicted octanol–water partition coefficient (Wildman–Crippen LogP) is 2.85. The molecule has 112 valence electrons. The van der Waals surface area contributed by atoms with Crippen LogP contribution < -0.4 is 5.73 Å². The van der Waals surface area contributed by atoms with Gasteiger partial charge in [-0.2, -0.15) is 0 Å². The first-order valence-electron chi connectivity index (χ1n) is 6.69. The number of hydrogen-bond acceptors (Lipinski definition) is 4. The lowest BCUT2D eigenvalue weighted by molar-refractivity contribution is -0.221. The van der Waals surface area contributed by atoms with Gasteiger partial charge in [-0.3, -0.25) is 4.90 Å². The predicted molar refractivity (Wildman–Crippen MR) is 87.1 cm³/mol. The molecule has 6 heteroatoms. The fourth-order valence-corrected chi connectivity index (χ4v) is 4.16. The maximum absolute atomic E-state index is 10.1. The van der Waals surface area contributed by atoms with Gasteiger partial charge in [0.2, 0.25) is 0 Å². The first-order valence-corrected chi connectivity index (χ1v) is 8.28. The van der Waals surface area contributed by atoms with E-state index < -0.39 is 5.79 Å². The van der Waals surface area contributed by atoms with Crippen molar-refractivity contribution in [2.45, 2.75) is 44.1 Å². The van der Waals surface area contributed by atoms with Crippen LogP contribution in [0.4, 0.5) is 5.69 Å². The van der Waals surface area contributed by atoms with E-state index in [1.54, 1.807) is 0 Å². The summed E-state index contributed by atoms with van der Waals surface area (Å²) >= 11 is 6.89. The summed E-state index contributed by atoms with van der Waals surface area (Å²) in [7, 11) is 1.91. The second kappa shape index (κ2) is 6.32. The molecule has 1 aliphatic rings. The molecular formula is C14H20Br2N2O2. The molecule has 1 unspecified atom stereocenters. The van der Waals surface area contributed by atoms with E-state index in [9.17, 15) is 10.2 Å². The Labute approximate surface area is 136 Å². The number of rotatable bonds is 3. The maximum atomic E-state index is 10.1. The summed E-state index contributed by atoms with van der Waals surface area (Å²) in [5.74, 6) is -1.61. The monoisotopic (exact) mass is 406 g/mol. The van der Waals surface area contributed by atoms with Crippen molar-refractivity contribution >= 4 is 37.5 Å². The highest BCUT2D eigenvalue weighted by atomic mass is 79.9. The normalized spacial score (nSPS) is 22.2. The van der Waals surface area contributed by atoms with Crippen molar-refractivity contribution < 1.29 is 10.2 Å². The van der Waals surface area contributed by atoms with Crippen LogP contribution >= 0.6 is 31.9 Å². The number of hydrogen-bond donors (Lipinski definition) is 3. The minimum absolute atomic E-state index is 0.256. The average Bonchev–Trinajstić information content (AvgIpc) is 2.34. The summed E-state index contributed by atoms with van der Waals surface area (Å²) in [5.41, 5.74) is 7.74. The Kier molecular flexibility index (Phi) is 5.13. The summed E-state index contributed by atoms with van der Waals surface area (Å²) in [6.07, 6.45) is 3.11. The van der Waals surface area contributed by atoms with Crippen LogP contribution in [0.25, 0.3) is 0 Å². The van der Waals surface area contributed by atoms with E-state index in [1.807, 2.05) is 24.1 Å². The summed E-state index contributed by atoms with van der Waals surface area (Å²) in [4.78, 5) is 1.98. The molecular weight excluding hydrogens is 388 g/mol. The molecule has 0 bridgehead atoms. The number of nitrogens with two attached hydrogens (primary N) is 1. The summed E-state index contributed by atoms with van der Waals surface area (Å²) < 4.78 is 1.79. The summed E-state index contributed by atoms with van der Waals surface area (Å²) in [6.45, 7) is 0.581. The van der Waals surface area contributed by atoms with E-state index in [1.165, 1.54) is 0 Å². The van der Waals surface area contributed by atoms with E-state index in [0.717, 1.165) is 33.8 Å². The fraction of sp³-hybridized carbons (Fsp3) is 0.571. The van der Waals surface area contributed by atoms with Gasteiger partial charge in [-0.1, -0.05) is 22.4 Å². The third-order valence-corrected chi connectivity index (χ3v) is 5.05. The largest absolute Gasteiger partial charge is 0.398 e. The van der Waals surface area contributed by atoms with E-state index in [2.05, 4.69) is 31.9 Å². The molecule has 20 heavy (non-hydrogen) atoms. The highest BCUT2D eigenvalue weighted by Gasteiger charge is 2.39. The topological polar surface area (TPSA) is 69.7 Å². The van der Waals surface area contributed by atoms with Crippen molar-refractivity contribution in [2.75, 3.05) is 12.8 Å². The molecule has 0 saturated heterocycles. The highest BCUT2D eigenvalue weighted by molar-refractivity contribution is 9.11. The van der Waals surface area contributed by atoms with Crippen LogP contribution in [0.1, 0.15) is 31.2 Å². The van der Waals surface area contributed by atoms with E-state index in [4.69, 9.17) is 5.73 Å². The smallest absolute Gasteiger partial charge is 0.178 e. The van der Waals surface area contributed by atoms with Crippen molar-refractivity contribution in [3.8, 4) is 0 Å². The molecule has 4 nitrogen and oxygen atoms in total. The highest BCUT2D eigenvalue weighted by Crippen LogP contribution is 2.33. The molecule has 0 aliphatic heterocycles. The molecule has 0 heterocycles. The molecule has 0 amide bonds. The number of likely N-dealkylation sites (N-methyl/N-ethyl adjacent to an activating group) is 1. The molecule has 2 rings (SSSR count). The van der Waals surface area contributed by atoms with Gasteiger partial charge in [0.15, 0.2) is 5.79 Å². The minimum atomic E-state index is -1.61. The quantitative estimate of drug-likeness (QED) is 0.532. The minimum Gasteiger partial charge on any atom is -0.398 e. The van der Waals surface area contributed by atoms with Gasteiger partial charge in [-0.25, -0.2) is 0 Å². The average molecular weight is 408 g/mol. The zero-order chi connectivity index (χ0) is 14.9. The lowest BCUT2D eigenvalue weighted by atomic mass is 9.88. The molecule has 1 saturated carbocycles. The number of halogens is 2. The Hall–Kier alpha value is -0.140. The second-order valence-corrected chi connectivity index (χ2v) is 7.29. The Balaban J connectivity index is 2.17. The molecule has 0 aromatic heterocycles. The summed E-state index contributed by atoms with van der Waals surface area (Å²) in [6, 6.07) is 3.62. The number of nitrogen functional groups attached to an aromatic ring is 1. The molecule has 0 radical (unpaired) electrons. The van der Waals surface area contributed by atoms with Crippen molar-refractivity contribution in [1.29, 1.82) is 0 Å². The van der Waals surface area contributed by atoms with Crippen molar-refractivity contribution in [3.05, 3.63) is 26.6 Å². The lowest BCUT2D eigenvalue weighted by Gasteiger charge is -2.41. The van der Waals surface area contributed by atoms with Crippen LogP contribution in [0, 0.1) is 0 Å². The van der Waals surface area contributed by atoms with Gasteiger partial charge in [0.05, 0.1) is 11.7 Å². The number of aliphatic hydroxyl groups is 2. The first kappa shape index (κ1) is 16.2. The molecule has 1 aromatic carbocycles. The van der Waals surface area contributed by atoms with E-state index in [0.29, 0.717) is 18.7 Å². The Morgan fingerprint density at radius 1 is 1.35 bits per heavy atom. The number of anilines is 1. The van der Waals surface area contributed by atoms with Crippen LogP contribution in [0.2, 0.25) is 0 Å². The van der Waals surface area contributed by atoms with Gasteiger partial charge in [-0.15, -0.1) is 0 Å². The van der Waals surface area contributed by atoms with Gasteiger partial charge in [0.25, 0.3) is 0 Å². The molecule has 0 spiro atoms. The van der Waals surface area contributed by atoms with Crippen molar-refractivity contribution in [3.63, 3.8) is 0 Å². The zero-order valence-electron chi connectivity index (χ0n) is 11.4. The van der Waals surface area contributed by atoms with Crippen LogP contribution in [0.15, 0.2) is 21.1 Å². The molecule has 4 N–H and O–H groups in total. The van der Waals surface area contributed by atoms with Gasteiger partial charge in [-0.05, 0) is 53.5 Å². The lowest BCUT2D eigenvalue weighted by Crippen LogP contribution is -2.53. The molecule has 1 aromatic rings. The van der Waals surface area contributed by atoms with Crippen LogP contribution in [-0.2, 0) is 6.54 Å². The molecule has 1 aliphatic carbocycles. The third-order valence-electron chi connectivity index (χ3n) is 3.94. The van der Waals surface area contributed by atoms with Gasteiger partial charge in [0.1, 0.15) is 0 Å². The van der Waals surface area contributed by atoms with Crippen LogP contribution in [0.5, 0.6) is 0 Å². The first-order chi connectivity index (χ1) is 9.31. The fourth-order valence-electron chi connectivity index (χ4n) is 2.84. The Morgan fingerprint density at radius 2 is 2.05 bits per heavy atom. The zero-order valence-corrected chi connectivity index (χ0v) is 14.6. The van der Waals surface area contributed by atoms with Gasteiger partial charge >= 0.3 is 0 Å². The van der Waals surface area contributed by atoms with E-state index in [-0.39, 0.29) is 6.04 Å². The van der Waals surface area contributed by atoms with Crippen LogP contribution in [0.3, 0.4) is 0 Å². The number of nitrogens with zero attached hydrogens (tertiary/aromatic N) is 1. The van der Waals surface area contributed by atoms with E-state index >= 15 is 0 Å². The molecule has 1 atom stereocenters. The maximum Gasteiger partial charge on any atom is 0.178 e. The standard InChI is InChI=1S/C14H20Br2N2O2/c1-18(12-4-2-3-5-14(12,19)20)8-9-6-10(15)7-11(16)13(9)17/h6-7,12,19-20H,2-5,8,17H2,1H3. The number of benzene rings is 1. The summed E-state index contributed by atoms with van der Waals surface area (Å²) in [5, 5.41) is 20.3. The van der Waals surface area contributed by atoms with Gasteiger partial charge in [0, 0.05) is 21.9 Å². The third kappa shape index (κ3) is 3.54. The SMILES string of the molecule is CN(Cc1cc(Br)cc(Br)c1N)C1CCCCC1(O)O. The second-order valence-electron chi connectivity index (χ2n) is 5.52. The van der Waals surface area contributed by atoms with Crippen LogP contribution in [-0.4, -0.2) is 34.0 Å². The Morgan fingerprint density at radius 3 is 2.70 bits per heavy atom. The van der Waals surface area contributed by atoms with Crippen molar-refractivity contribution in [2.24, 2.45) is 0 Å². The van der Waals surface area contributed by atoms with Crippen molar-refractivity contribution in [1.82, 2.24) is 4.90 Å². The Bertz CT molecular complexity index is 494. The molecule has 1 fully saturated rings.